The lowest BCUT2D eigenvalue weighted by Crippen LogP contribution is -2.53. The van der Waals surface area contributed by atoms with Crippen LogP contribution in [0.4, 0.5) is 13.2 Å². The largest absolute Gasteiger partial charge is 0.391 e. The summed E-state index contributed by atoms with van der Waals surface area (Å²) in [5.74, 6) is -1.36. The van der Waals surface area contributed by atoms with Crippen LogP contribution >= 0.6 is 0 Å². The van der Waals surface area contributed by atoms with Gasteiger partial charge in [-0.3, -0.25) is 4.79 Å². The van der Waals surface area contributed by atoms with E-state index < -0.39 is 12.1 Å². The average molecular weight is 278 g/mol. The normalized spacial score (nSPS) is 33.3. The van der Waals surface area contributed by atoms with E-state index in [0.717, 1.165) is 6.54 Å². The van der Waals surface area contributed by atoms with Crippen molar-refractivity contribution in [1.82, 2.24) is 10.2 Å². The van der Waals surface area contributed by atoms with Gasteiger partial charge in [-0.15, -0.1) is 0 Å². The Balaban J connectivity index is 1.85. The second kappa shape index (κ2) is 5.69. The van der Waals surface area contributed by atoms with E-state index in [2.05, 4.69) is 5.32 Å². The first-order valence-corrected chi connectivity index (χ1v) is 6.97. The molecule has 1 amide bonds. The summed E-state index contributed by atoms with van der Waals surface area (Å²) in [6.45, 7) is 4.12. The van der Waals surface area contributed by atoms with Crippen molar-refractivity contribution in [2.45, 2.75) is 44.8 Å². The number of alkyl halides is 3. The van der Waals surface area contributed by atoms with Gasteiger partial charge in [0.05, 0.1) is 5.92 Å². The molecule has 0 aromatic heterocycles. The van der Waals surface area contributed by atoms with Crippen molar-refractivity contribution in [3.8, 4) is 0 Å². The minimum absolute atomic E-state index is 0.0500. The molecule has 0 aromatic carbocycles. The topological polar surface area (TPSA) is 32.3 Å². The fraction of sp³-hybridized carbons (Fsp3) is 0.923. The summed E-state index contributed by atoms with van der Waals surface area (Å²) in [6.07, 6.45) is -3.15. The van der Waals surface area contributed by atoms with Crippen molar-refractivity contribution in [3.05, 3.63) is 0 Å². The Labute approximate surface area is 111 Å². The standard InChI is InChI=1S/C13H21F3N2O/c1-9-8-18(7-6-17-9)12(19)10-2-4-11(5-3-10)13(14,15)16/h9-11,17H,2-8H2,1H3. The molecule has 0 radical (unpaired) electrons. The van der Waals surface area contributed by atoms with E-state index in [9.17, 15) is 18.0 Å². The van der Waals surface area contributed by atoms with Crippen molar-refractivity contribution in [1.29, 1.82) is 0 Å². The Kier molecular flexibility index (Phi) is 4.38. The SMILES string of the molecule is CC1CN(C(=O)C2CCC(C(F)(F)F)CC2)CCN1. The summed E-state index contributed by atoms with van der Waals surface area (Å²) in [7, 11) is 0. The van der Waals surface area contributed by atoms with Gasteiger partial charge in [0.15, 0.2) is 0 Å². The highest BCUT2D eigenvalue weighted by atomic mass is 19.4. The lowest BCUT2D eigenvalue weighted by Gasteiger charge is -2.36. The highest BCUT2D eigenvalue weighted by Crippen LogP contribution is 2.39. The molecule has 2 aliphatic rings. The molecule has 2 fully saturated rings. The summed E-state index contributed by atoms with van der Waals surface area (Å²) in [4.78, 5) is 14.1. The second-order valence-corrected chi connectivity index (χ2v) is 5.73. The quantitative estimate of drug-likeness (QED) is 0.797. The van der Waals surface area contributed by atoms with Crippen LogP contribution < -0.4 is 5.32 Å². The maximum atomic E-state index is 12.6. The summed E-state index contributed by atoms with van der Waals surface area (Å²) in [6, 6.07) is 0.268. The van der Waals surface area contributed by atoms with Crippen molar-refractivity contribution in [2.75, 3.05) is 19.6 Å². The highest BCUT2D eigenvalue weighted by Gasteiger charge is 2.43. The van der Waals surface area contributed by atoms with Crippen LogP contribution in [0.15, 0.2) is 0 Å². The lowest BCUT2D eigenvalue weighted by atomic mass is 9.81. The van der Waals surface area contributed by atoms with Gasteiger partial charge in [0.2, 0.25) is 5.91 Å². The molecule has 1 saturated heterocycles. The first-order valence-electron chi connectivity index (χ1n) is 6.97. The molecule has 1 atom stereocenters. The monoisotopic (exact) mass is 278 g/mol. The van der Waals surface area contributed by atoms with E-state index in [-0.39, 0.29) is 30.7 Å². The molecular weight excluding hydrogens is 257 g/mol. The zero-order chi connectivity index (χ0) is 14.0. The van der Waals surface area contributed by atoms with Crippen molar-refractivity contribution in [3.63, 3.8) is 0 Å². The number of nitrogens with zero attached hydrogens (tertiary/aromatic N) is 1. The molecule has 6 heteroatoms. The van der Waals surface area contributed by atoms with Gasteiger partial charge in [-0.05, 0) is 32.6 Å². The Morgan fingerprint density at radius 1 is 1.21 bits per heavy atom. The molecule has 2 rings (SSSR count). The molecule has 0 bridgehead atoms. The molecule has 1 aliphatic carbocycles. The molecule has 0 aromatic rings. The van der Waals surface area contributed by atoms with Gasteiger partial charge in [-0.1, -0.05) is 0 Å². The van der Waals surface area contributed by atoms with Crippen LogP contribution in [-0.2, 0) is 4.79 Å². The number of halogens is 3. The summed E-state index contributed by atoms with van der Waals surface area (Å²) in [5, 5.41) is 3.25. The average Bonchev–Trinajstić information content (AvgIpc) is 2.37. The maximum Gasteiger partial charge on any atom is 0.391 e. The van der Waals surface area contributed by atoms with Crippen LogP contribution in [-0.4, -0.2) is 42.7 Å². The van der Waals surface area contributed by atoms with Gasteiger partial charge >= 0.3 is 6.18 Å². The number of carbonyl (C=O) groups is 1. The minimum atomic E-state index is -4.10. The van der Waals surface area contributed by atoms with Gasteiger partial charge in [-0.25, -0.2) is 0 Å². The van der Waals surface area contributed by atoms with Crippen LogP contribution in [0.2, 0.25) is 0 Å². The maximum absolute atomic E-state index is 12.6. The molecule has 3 nitrogen and oxygen atoms in total. The van der Waals surface area contributed by atoms with Crippen LogP contribution in [0.1, 0.15) is 32.6 Å². The molecule has 1 unspecified atom stereocenters. The Morgan fingerprint density at radius 2 is 1.84 bits per heavy atom. The van der Waals surface area contributed by atoms with E-state index in [0.29, 0.717) is 25.9 Å². The molecule has 1 aliphatic heterocycles. The van der Waals surface area contributed by atoms with Gasteiger partial charge in [0, 0.05) is 31.6 Å². The van der Waals surface area contributed by atoms with E-state index >= 15 is 0 Å². The highest BCUT2D eigenvalue weighted by molar-refractivity contribution is 5.79. The molecule has 19 heavy (non-hydrogen) atoms. The number of piperazine rings is 1. The third-order valence-electron chi connectivity index (χ3n) is 4.22. The number of carbonyl (C=O) groups excluding carboxylic acids is 1. The van der Waals surface area contributed by atoms with E-state index in [1.807, 2.05) is 6.92 Å². The third-order valence-corrected chi connectivity index (χ3v) is 4.22. The number of nitrogens with one attached hydrogen (secondary N) is 1. The van der Waals surface area contributed by atoms with Crippen molar-refractivity contribution < 1.29 is 18.0 Å². The Morgan fingerprint density at radius 3 is 2.37 bits per heavy atom. The Hall–Kier alpha value is -0.780. The molecular formula is C13H21F3N2O. The number of rotatable bonds is 1. The van der Waals surface area contributed by atoms with E-state index in [1.165, 1.54) is 0 Å². The molecule has 1 heterocycles. The van der Waals surface area contributed by atoms with Crippen LogP contribution in [0.5, 0.6) is 0 Å². The number of hydrogen-bond donors (Lipinski definition) is 1. The molecule has 0 spiro atoms. The molecule has 110 valence electrons. The van der Waals surface area contributed by atoms with Crippen LogP contribution in [0, 0.1) is 11.8 Å². The zero-order valence-corrected chi connectivity index (χ0v) is 11.2. The van der Waals surface area contributed by atoms with Crippen LogP contribution in [0.3, 0.4) is 0 Å². The van der Waals surface area contributed by atoms with Gasteiger partial charge in [0.25, 0.3) is 0 Å². The van der Waals surface area contributed by atoms with Gasteiger partial charge in [-0.2, -0.15) is 13.2 Å². The number of amides is 1. The second-order valence-electron chi connectivity index (χ2n) is 5.73. The minimum Gasteiger partial charge on any atom is -0.340 e. The summed E-state index contributed by atoms with van der Waals surface area (Å²) < 4.78 is 37.7. The first-order chi connectivity index (χ1) is 8.88. The number of hydrogen-bond acceptors (Lipinski definition) is 2. The third kappa shape index (κ3) is 3.61. The summed E-state index contributed by atoms with van der Waals surface area (Å²) in [5.41, 5.74) is 0. The predicted molar refractivity (Wildman–Crippen MR) is 65.5 cm³/mol. The zero-order valence-electron chi connectivity index (χ0n) is 11.2. The van der Waals surface area contributed by atoms with Crippen LogP contribution in [0.25, 0.3) is 0 Å². The fourth-order valence-corrected chi connectivity index (χ4v) is 3.06. The van der Waals surface area contributed by atoms with Gasteiger partial charge < -0.3 is 10.2 Å². The van der Waals surface area contributed by atoms with Crippen molar-refractivity contribution in [2.24, 2.45) is 11.8 Å². The molecule has 1 saturated carbocycles. The smallest absolute Gasteiger partial charge is 0.340 e. The van der Waals surface area contributed by atoms with E-state index in [4.69, 9.17) is 0 Å². The molecule has 1 N–H and O–H groups in total. The predicted octanol–water partition coefficient (Wildman–Crippen LogP) is 2.18. The summed E-state index contributed by atoms with van der Waals surface area (Å²) >= 11 is 0. The first kappa shape index (κ1) is 14.6. The van der Waals surface area contributed by atoms with Gasteiger partial charge in [0.1, 0.15) is 0 Å². The Bertz CT molecular complexity index is 324. The lowest BCUT2D eigenvalue weighted by molar-refractivity contribution is -0.185. The van der Waals surface area contributed by atoms with E-state index in [1.54, 1.807) is 4.90 Å². The fourth-order valence-electron chi connectivity index (χ4n) is 3.06. The van der Waals surface area contributed by atoms with Crippen molar-refractivity contribution >= 4 is 5.91 Å².